The van der Waals surface area contributed by atoms with Gasteiger partial charge in [0.05, 0.1) is 11.4 Å². The average Bonchev–Trinajstić information content (AvgIpc) is 2.45. The molecule has 1 unspecified atom stereocenters. The van der Waals surface area contributed by atoms with Crippen LogP contribution in [0.25, 0.3) is 0 Å². The molecule has 0 amide bonds. The van der Waals surface area contributed by atoms with Gasteiger partial charge in [-0.25, -0.2) is 13.6 Å². The van der Waals surface area contributed by atoms with E-state index in [1.54, 1.807) is 23.9 Å². The summed E-state index contributed by atoms with van der Waals surface area (Å²) in [6.45, 7) is 4.94. The lowest BCUT2D eigenvalue weighted by molar-refractivity contribution is 0.442. The topological polar surface area (TPSA) is 84.5 Å². The van der Waals surface area contributed by atoms with E-state index in [0.717, 1.165) is 22.9 Å². The van der Waals surface area contributed by atoms with Crippen LogP contribution in [0.2, 0.25) is 0 Å². The van der Waals surface area contributed by atoms with Crippen LogP contribution in [0, 0.1) is 5.92 Å². The lowest BCUT2D eigenvalue weighted by Gasteiger charge is -2.28. The minimum atomic E-state index is -3.62. The largest absolute Gasteiger partial charge is 0.362 e. The molecule has 1 aliphatic rings. The van der Waals surface area contributed by atoms with E-state index in [0.29, 0.717) is 18.5 Å². The van der Waals surface area contributed by atoms with Crippen LogP contribution in [0.3, 0.4) is 0 Å². The Morgan fingerprint density at radius 3 is 2.62 bits per heavy atom. The van der Waals surface area contributed by atoms with E-state index in [1.165, 1.54) is 12.1 Å². The Kier molecular flexibility index (Phi) is 5.29. The zero-order valence-electron chi connectivity index (χ0n) is 12.2. The SMILES string of the molecule is CC(C)C1CCSC(=NCc2ccc(S(N)(=O)=O)cc2)N1. The van der Waals surface area contributed by atoms with Crippen LogP contribution in [-0.2, 0) is 16.6 Å². The number of amidine groups is 1. The van der Waals surface area contributed by atoms with Crippen LogP contribution >= 0.6 is 11.8 Å². The molecule has 3 N–H and O–H groups in total. The van der Waals surface area contributed by atoms with Crippen LogP contribution in [0.15, 0.2) is 34.2 Å². The summed E-state index contributed by atoms with van der Waals surface area (Å²) < 4.78 is 22.4. The van der Waals surface area contributed by atoms with E-state index >= 15 is 0 Å². The third-order valence-electron chi connectivity index (χ3n) is 3.44. The van der Waals surface area contributed by atoms with Crippen LogP contribution in [0.4, 0.5) is 0 Å². The Balaban J connectivity index is 2.00. The Hall–Kier alpha value is -1.05. The second-order valence-electron chi connectivity index (χ2n) is 5.44. The van der Waals surface area contributed by atoms with Gasteiger partial charge in [-0.05, 0) is 30.0 Å². The smallest absolute Gasteiger partial charge is 0.238 e. The molecule has 21 heavy (non-hydrogen) atoms. The van der Waals surface area contributed by atoms with Crippen molar-refractivity contribution in [3.05, 3.63) is 29.8 Å². The summed E-state index contributed by atoms with van der Waals surface area (Å²) in [5.41, 5.74) is 0.962. The maximum atomic E-state index is 11.2. The monoisotopic (exact) mass is 327 g/mol. The van der Waals surface area contributed by atoms with Gasteiger partial charge in [0.1, 0.15) is 0 Å². The molecule has 7 heteroatoms. The second kappa shape index (κ2) is 6.81. The highest BCUT2D eigenvalue weighted by atomic mass is 32.2. The predicted molar refractivity (Wildman–Crippen MR) is 87.8 cm³/mol. The Labute approximate surface area is 130 Å². The quantitative estimate of drug-likeness (QED) is 0.885. The number of hydrogen-bond donors (Lipinski definition) is 2. The summed E-state index contributed by atoms with van der Waals surface area (Å²) in [4.78, 5) is 4.69. The van der Waals surface area contributed by atoms with Crippen molar-refractivity contribution in [3.8, 4) is 0 Å². The van der Waals surface area contributed by atoms with Gasteiger partial charge in [-0.1, -0.05) is 37.7 Å². The summed E-state index contributed by atoms with van der Waals surface area (Å²) in [6, 6.07) is 7.01. The van der Waals surface area contributed by atoms with E-state index in [1.807, 2.05) is 0 Å². The van der Waals surface area contributed by atoms with Crippen LogP contribution in [0.5, 0.6) is 0 Å². The van der Waals surface area contributed by atoms with Gasteiger partial charge in [0.25, 0.3) is 0 Å². The Bertz CT molecular complexity index is 610. The van der Waals surface area contributed by atoms with E-state index in [2.05, 4.69) is 24.2 Å². The third-order valence-corrected chi connectivity index (χ3v) is 5.33. The molecule has 0 aliphatic carbocycles. The zero-order chi connectivity index (χ0) is 15.5. The molecule has 0 aromatic heterocycles. The van der Waals surface area contributed by atoms with E-state index in [4.69, 9.17) is 5.14 Å². The number of hydrogen-bond acceptors (Lipinski definition) is 4. The molecule has 1 aliphatic heterocycles. The van der Waals surface area contributed by atoms with Crippen molar-refractivity contribution in [3.63, 3.8) is 0 Å². The van der Waals surface area contributed by atoms with Gasteiger partial charge in [-0.3, -0.25) is 4.99 Å². The average molecular weight is 327 g/mol. The number of benzene rings is 1. The molecule has 0 saturated carbocycles. The highest BCUT2D eigenvalue weighted by Crippen LogP contribution is 2.19. The zero-order valence-corrected chi connectivity index (χ0v) is 13.9. The molecule has 1 saturated heterocycles. The van der Waals surface area contributed by atoms with E-state index in [9.17, 15) is 8.42 Å². The molecule has 0 bridgehead atoms. The number of nitrogens with one attached hydrogen (secondary N) is 1. The number of primary sulfonamides is 1. The maximum Gasteiger partial charge on any atom is 0.238 e. The number of rotatable bonds is 4. The first kappa shape index (κ1) is 16.3. The maximum absolute atomic E-state index is 11.2. The van der Waals surface area contributed by atoms with Crippen molar-refractivity contribution in [1.29, 1.82) is 0 Å². The minimum Gasteiger partial charge on any atom is -0.362 e. The molecule has 116 valence electrons. The molecule has 0 radical (unpaired) electrons. The standard InChI is InChI=1S/C14H21N3O2S2/c1-10(2)13-7-8-20-14(17-13)16-9-11-3-5-12(6-4-11)21(15,18)19/h3-6,10,13H,7-9H2,1-2H3,(H,16,17)(H2,15,18,19). The third kappa shape index (κ3) is 4.72. The lowest BCUT2D eigenvalue weighted by atomic mass is 10.0. The fourth-order valence-corrected chi connectivity index (χ4v) is 3.57. The summed E-state index contributed by atoms with van der Waals surface area (Å²) in [6.07, 6.45) is 1.16. The van der Waals surface area contributed by atoms with Gasteiger partial charge in [-0.2, -0.15) is 0 Å². The fourth-order valence-electron chi connectivity index (χ4n) is 2.09. The molecule has 1 fully saturated rings. The highest BCUT2D eigenvalue weighted by molar-refractivity contribution is 8.13. The van der Waals surface area contributed by atoms with Gasteiger partial charge in [-0.15, -0.1) is 0 Å². The number of sulfonamides is 1. The van der Waals surface area contributed by atoms with Gasteiger partial charge in [0.2, 0.25) is 10.0 Å². The molecular weight excluding hydrogens is 306 g/mol. The first-order chi connectivity index (χ1) is 9.86. The Morgan fingerprint density at radius 2 is 2.05 bits per heavy atom. The highest BCUT2D eigenvalue weighted by Gasteiger charge is 2.19. The first-order valence-corrected chi connectivity index (χ1v) is 9.45. The number of nitrogens with two attached hydrogens (primary N) is 1. The van der Waals surface area contributed by atoms with Gasteiger partial charge in [0, 0.05) is 11.8 Å². The molecule has 0 spiro atoms. The van der Waals surface area contributed by atoms with Crippen LogP contribution in [0.1, 0.15) is 25.8 Å². The molecule has 1 atom stereocenters. The van der Waals surface area contributed by atoms with Gasteiger partial charge in [0.15, 0.2) is 5.17 Å². The number of thioether (sulfide) groups is 1. The number of aliphatic imine (C=N–C) groups is 1. The van der Waals surface area contributed by atoms with Gasteiger partial charge >= 0.3 is 0 Å². The second-order valence-corrected chi connectivity index (χ2v) is 8.09. The fraction of sp³-hybridized carbons (Fsp3) is 0.500. The van der Waals surface area contributed by atoms with Crippen molar-refractivity contribution >= 4 is 27.0 Å². The molecule has 1 aromatic rings. The van der Waals surface area contributed by atoms with Crippen molar-refractivity contribution < 1.29 is 8.42 Å². The number of nitrogens with zero attached hydrogens (tertiary/aromatic N) is 1. The van der Waals surface area contributed by atoms with Crippen molar-refractivity contribution in [1.82, 2.24) is 5.32 Å². The summed E-state index contributed by atoms with van der Waals surface area (Å²) >= 11 is 1.73. The molecular formula is C14H21N3O2S2. The van der Waals surface area contributed by atoms with Crippen molar-refractivity contribution in [2.45, 2.75) is 37.8 Å². The van der Waals surface area contributed by atoms with Crippen LogP contribution in [-0.4, -0.2) is 25.4 Å². The van der Waals surface area contributed by atoms with Gasteiger partial charge < -0.3 is 5.32 Å². The van der Waals surface area contributed by atoms with Crippen molar-refractivity contribution in [2.24, 2.45) is 16.0 Å². The summed E-state index contributed by atoms with van der Waals surface area (Å²) in [7, 11) is -3.62. The predicted octanol–water partition coefficient (Wildman–Crippen LogP) is 1.94. The summed E-state index contributed by atoms with van der Waals surface area (Å²) in [5, 5.41) is 9.50. The minimum absolute atomic E-state index is 0.129. The normalized spacial score (nSPS) is 21.5. The first-order valence-electron chi connectivity index (χ1n) is 6.92. The Morgan fingerprint density at radius 1 is 1.38 bits per heavy atom. The molecule has 1 aromatic carbocycles. The lowest BCUT2D eigenvalue weighted by Crippen LogP contribution is -2.41. The molecule has 1 heterocycles. The van der Waals surface area contributed by atoms with Crippen LogP contribution < -0.4 is 10.5 Å². The summed E-state index contributed by atoms with van der Waals surface area (Å²) in [5.74, 6) is 1.67. The molecule has 5 nitrogen and oxygen atoms in total. The van der Waals surface area contributed by atoms with E-state index in [-0.39, 0.29) is 4.90 Å². The van der Waals surface area contributed by atoms with Crippen molar-refractivity contribution in [2.75, 3.05) is 5.75 Å². The molecule has 2 rings (SSSR count). The van der Waals surface area contributed by atoms with E-state index < -0.39 is 10.0 Å².